The van der Waals surface area contributed by atoms with Crippen LogP contribution in [0, 0.1) is 0 Å². The minimum absolute atomic E-state index is 0.360. The molecule has 0 saturated heterocycles. The van der Waals surface area contributed by atoms with Gasteiger partial charge in [0.05, 0.1) is 25.3 Å². The van der Waals surface area contributed by atoms with Gasteiger partial charge in [0.25, 0.3) is 0 Å². The van der Waals surface area contributed by atoms with Gasteiger partial charge in [0, 0.05) is 0 Å². The quantitative estimate of drug-likeness (QED) is 0.516. The van der Waals surface area contributed by atoms with Gasteiger partial charge in [0.2, 0.25) is 0 Å². The third kappa shape index (κ3) is 5.38. The Kier molecular flexibility index (Phi) is 7.05. The van der Waals surface area contributed by atoms with Crippen LogP contribution in [-0.2, 0) is 22.7 Å². The van der Waals surface area contributed by atoms with Gasteiger partial charge in [-0.3, -0.25) is 0 Å². The highest BCUT2D eigenvalue weighted by molar-refractivity contribution is 5.89. The van der Waals surface area contributed by atoms with Crippen molar-refractivity contribution >= 4 is 11.9 Å². The van der Waals surface area contributed by atoms with Gasteiger partial charge in [0.1, 0.15) is 24.7 Å². The summed E-state index contributed by atoms with van der Waals surface area (Å²) in [6.07, 6.45) is 0. The lowest BCUT2D eigenvalue weighted by Gasteiger charge is -2.13. The Hall–Kier alpha value is -3.80. The van der Waals surface area contributed by atoms with Crippen LogP contribution in [0.5, 0.6) is 11.5 Å². The average Bonchev–Trinajstić information content (AvgIpc) is 2.81. The summed E-state index contributed by atoms with van der Waals surface area (Å²) >= 11 is 0. The van der Waals surface area contributed by atoms with Crippen LogP contribution in [0.15, 0.2) is 72.8 Å². The molecule has 0 spiro atoms. The normalized spacial score (nSPS) is 10.2. The molecule has 0 radical (unpaired) electrons. The van der Waals surface area contributed by atoms with Crippen molar-refractivity contribution in [3.8, 4) is 11.5 Å². The van der Waals surface area contributed by atoms with E-state index in [9.17, 15) is 9.59 Å². The predicted molar refractivity (Wildman–Crippen MR) is 111 cm³/mol. The molecule has 0 aliphatic carbocycles. The molecule has 0 unspecified atom stereocenters. The lowest BCUT2D eigenvalue weighted by molar-refractivity contribution is 0.0591. The van der Waals surface area contributed by atoms with Gasteiger partial charge in [-0.15, -0.1) is 0 Å². The van der Waals surface area contributed by atoms with Crippen molar-refractivity contribution in [3.63, 3.8) is 0 Å². The fraction of sp³-hybridized carbons (Fsp3) is 0.167. The largest absolute Gasteiger partial charge is 0.489 e. The van der Waals surface area contributed by atoms with Gasteiger partial charge in [-0.25, -0.2) is 9.59 Å². The standard InChI is InChI=1S/C24H22O6/c1-27-23(25)17-7-11-21(12-8-17)29-15-19-5-3-4-6-20(19)16-30-22-13-9-18(10-14-22)24(26)28-2/h3-14H,15-16H2,1-2H3. The smallest absolute Gasteiger partial charge is 0.337 e. The van der Waals surface area contributed by atoms with Crippen LogP contribution in [-0.4, -0.2) is 26.2 Å². The first-order valence-corrected chi connectivity index (χ1v) is 9.30. The highest BCUT2D eigenvalue weighted by Gasteiger charge is 2.08. The van der Waals surface area contributed by atoms with Gasteiger partial charge in [-0.2, -0.15) is 0 Å². The van der Waals surface area contributed by atoms with Gasteiger partial charge in [0.15, 0.2) is 0 Å². The second kappa shape index (κ2) is 10.1. The second-order valence-electron chi connectivity index (χ2n) is 6.38. The maximum atomic E-state index is 11.5. The first kappa shape index (κ1) is 20.9. The van der Waals surface area contributed by atoms with Crippen molar-refractivity contribution in [2.24, 2.45) is 0 Å². The monoisotopic (exact) mass is 406 g/mol. The SMILES string of the molecule is COC(=O)c1ccc(OCc2ccccc2COc2ccc(C(=O)OC)cc2)cc1. The van der Waals surface area contributed by atoms with E-state index in [-0.39, 0.29) is 11.9 Å². The Labute approximate surface area is 175 Å². The van der Waals surface area contributed by atoms with E-state index in [1.54, 1.807) is 48.5 Å². The lowest BCUT2D eigenvalue weighted by Crippen LogP contribution is -2.05. The summed E-state index contributed by atoms with van der Waals surface area (Å²) in [5.74, 6) is 0.529. The van der Waals surface area contributed by atoms with Crippen molar-refractivity contribution < 1.29 is 28.5 Å². The number of ether oxygens (including phenoxy) is 4. The zero-order valence-corrected chi connectivity index (χ0v) is 16.8. The molecule has 0 fully saturated rings. The molecule has 0 bridgehead atoms. The average molecular weight is 406 g/mol. The summed E-state index contributed by atoms with van der Waals surface area (Å²) in [5.41, 5.74) is 2.91. The van der Waals surface area contributed by atoms with E-state index < -0.39 is 0 Å². The molecule has 3 aromatic rings. The van der Waals surface area contributed by atoms with Crippen LogP contribution in [0.3, 0.4) is 0 Å². The van der Waals surface area contributed by atoms with Crippen LogP contribution in [0.2, 0.25) is 0 Å². The van der Waals surface area contributed by atoms with E-state index in [0.717, 1.165) is 11.1 Å². The molecule has 0 aliphatic rings. The Morgan fingerprint density at radius 1 is 0.600 bits per heavy atom. The first-order chi connectivity index (χ1) is 14.6. The molecule has 0 amide bonds. The molecule has 0 atom stereocenters. The fourth-order valence-corrected chi connectivity index (χ4v) is 2.77. The number of carbonyl (C=O) groups is 2. The minimum Gasteiger partial charge on any atom is -0.489 e. The molecule has 3 rings (SSSR count). The number of hydrogen-bond acceptors (Lipinski definition) is 6. The molecule has 154 valence electrons. The molecule has 30 heavy (non-hydrogen) atoms. The van der Waals surface area contributed by atoms with E-state index in [0.29, 0.717) is 35.8 Å². The first-order valence-electron chi connectivity index (χ1n) is 9.30. The number of methoxy groups -OCH3 is 2. The molecule has 6 heteroatoms. The highest BCUT2D eigenvalue weighted by Crippen LogP contribution is 2.19. The van der Waals surface area contributed by atoms with Crippen LogP contribution < -0.4 is 9.47 Å². The number of esters is 2. The fourth-order valence-electron chi connectivity index (χ4n) is 2.77. The number of rotatable bonds is 8. The molecule has 6 nitrogen and oxygen atoms in total. The molecular formula is C24H22O6. The summed E-state index contributed by atoms with van der Waals surface area (Å²) < 4.78 is 21.1. The number of benzene rings is 3. The lowest BCUT2D eigenvalue weighted by atomic mass is 10.1. The zero-order valence-electron chi connectivity index (χ0n) is 16.8. The maximum absolute atomic E-state index is 11.5. The van der Waals surface area contributed by atoms with E-state index >= 15 is 0 Å². The molecule has 0 saturated carbocycles. The zero-order chi connectivity index (χ0) is 21.3. The number of hydrogen-bond donors (Lipinski definition) is 0. The summed E-state index contributed by atoms with van der Waals surface area (Å²) in [4.78, 5) is 23.0. The maximum Gasteiger partial charge on any atom is 0.337 e. The van der Waals surface area contributed by atoms with E-state index in [1.165, 1.54) is 14.2 Å². The van der Waals surface area contributed by atoms with Gasteiger partial charge < -0.3 is 18.9 Å². The van der Waals surface area contributed by atoms with Crippen LogP contribution in [0.1, 0.15) is 31.8 Å². The molecular weight excluding hydrogens is 384 g/mol. The topological polar surface area (TPSA) is 71.1 Å². The predicted octanol–water partition coefficient (Wildman–Crippen LogP) is 4.42. The van der Waals surface area contributed by atoms with Gasteiger partial charge in [-0.05, 0) is 59.7 Å². The van der Waals surface area contributed by atoms with Crippen LogP contribution >= 0.6 is 0 Å². The highest BCUT2D eigenvalue weighted by atomic mass is 16.5. The van der Waals surface area contributed by atoms with Crippen molar-refractivity contribution in [3.05, 3.63) is 95.1 Å². The van der Waals surface area contributed by atoms with Crippen molar-refractivity contribution in [1.29, 1.82) is 0 Å². The summed E-state index contributed by atoms with van der Waals surface area (Å²) in [6.45, 7) is 0.719. The third-order valence-corrected chi connectivity index (χ3v) is 4.46. The molecule has 0 N–H and O–H groups in total. The molecule has 0 aliphatic heterocycles. The van der Waals surface area contributed by atoms with Gasteiger partial charge >= 0.3 is 11.9 Å². The van der Waals surface area contributed by atoms with Gasteiger partial charge in [-0.1, -0.05) is 24.3 Å². The summed E-state index contributed by atoms with van der Waals surface area (Å²) in [7, 11) is 2.69. The van der Waals surface area contributed by atoms with Crippen molar-refractivity contribution in [2.45, 2.75) is 13.2 Å². The Bertz CT molecular complexity index is 910. The Morgan fingerprint density at radius 2 is 0.967 bits per heavy atom. The molecule has 0 aromatic heterocycles. The van der Waals surface area contributed by atoms with Crippen LogP contribution in [0.25, 0.3) is 0 Å². The summed E-state index contributed by atoms with van der Waals surface area (Å²) in [5, 5.41) is 0. The minimum atomic E-state index is -0.385. The van der Waals surface area contributed by atoms with E-state index in [1.807, 2.05) is 24.3 Å². The molecule has 0 heterocycles. The van der Waals surface area contributed by atoms with Crippen LogP contribution in [0.4, 0.5) is 0 Å². The number of carbonyl (C=O) groups excluding carboxylic acids is 2. The summed E-state index contributed by atoms with van der Waals surface area (Å²) in [6, 6.07) is 21.4. The molecule has 3 aromatic carbocycles. The van der Waals surface area contributed by atoms with E-state index in [2.05, 4.69) is 0 Å². The van der Waals surface area contributed by atoms with Crippen molar-refractivity contribution in [2.75, 3.05) is 14.2 Å². The van der Waals surface area contributed by atoms with E-state index in [4.69, 9.17) is 18.9 Å². The van der Waals surface area contributed by atoms with Crippen molar-refractivity contribution in [1.82, 2.24) is 0 Å². The second-order valence-corrected chi connectivity index (χ2v) is 6.38. The Morgan fingerprint density at radius 3 is 1.30 bits per heavy atom. The Balaban J connectivity index is 1.60. The third-order valence-electron chi connectivity index (χ3n) is 4.46.